The summed E-state index contributed by atoms with van der Waals surface area (Å²) in [6.45, 7) is 4.87. The van der Waals surface area contributed by atoms with Crippen molar-refractivity contribution in [1.82, 2.24) is 5.32 Å². The highest BCUT2D eigenvalue weighted by Crippen LogP contribution is 2.26. The topological polar surface area (TPSA) is 73.1 Å². The van der Waals surface area contributed by atoms with Gasteiger partial charge in [-0.1, -0.05) is 13.8 Å². The Morgan fingerprint density at radius 2 is 2.17 bits per heavy atom. The van der Waals surface area contributed by atoms with Crippen molar-refractivity contribution in [2.24, 2.45) is 5.41 Å². The number of thiophene rings is 1. The molecule has 1 rings (SSSR count). The van der Waals surface area contributed by atoms with Crippen molar-refractivity contribution in [3.05, 3.63) is 21.9 Å². The Bertz CT molecular complexity index is 444. The lowest BCUT2D eigenvalue weighted by molar-refractivity contribution is -0.149. The maximum atomic E-state index is 11.3. The molecule has 0 aliphatic heterocycles. The smallest absolute Gasteiger partial charge is 0.310 e. The zero-order valence-corrected chi connectivity index (χ0v) is 11.5. The third-order valence-corrected chi connectivity index (χ3v) is 4.33. The second-order valence-corrected chi connectivity index (χ2v) is 5.44. The molecule has 0 radical (unpaired) electrons. The van der Waals surface area contributed by atoms with E-state index >= 15 is 0 Å². The van der Waals surface area contributed by atoms with E-state index in [1.165, 1.54) is 11.3 Å². The van der Waals surface area contributed by atoms with Gasteiger partial charge >= 0.3 is 5.97 Å². The van der Waals surface area contributed by atoms with Gasteiger partial charge in [0.25, 0.3) is 0 Å². The van der Waals surface area contributed by atoms with Gasteiger partial charge in [0.1, 0.15) is 10.9 Å². The number of nitriles is 1. The highest BCUT2D eigenvalue weighted by Gasteiger charge is 2.34. The van der Waals surface area contributed by atoms with Gasteiger partial charge in [0, 0.05) is 18.0 Å². The minimum Gasteiger partial charge on any atom is -0.481 e. The number of nitrogens with zero attached hydrogens (tertiary/aromatic N) is 1. The molecule has 1 aromatic heterocycles. The second-order valence-electron chi connectivity index (χ2n) is 4.27. The standard InChI is InChI=1S/C13H18N2O2S/c1-3-13(4-2,12(16)17)9-15-8-11-6-5-10(7-14)18-11/h5-6,15H,3-4,8-9H2,1-2H3,(H,16,17). The Balaban J connectivity index is 2.54. The van der Waals surface area contributed by atoms with Crippen molar-refractivity contribution < 1.29 is 9.90 Å². The lowest BCUT2D eigenvalue weighted by atomic mass is 9.82. The fourth-order valence-electron chi connectivity index (χ4n) is 1.84. The molecule has 0 aliphatic rings. The van der Waals surface area contributed by atoms with Crippen LogP contribution in [0.15, 0.2) is 12.1 Å². The molecule has 0 aliphatic carbocycles. The Labute approximate surface area is 111 Å². The van der Waals surface area contributed by atoms with Gasteiger partial charge in [-0.2, -0.15) is 5.26 Å². The van der Waals surface area contributed by atoms with E-state index in [9.17, 15) is 9.90 Å². The lowest BCUT2D eigenvalue weighted by Gasteiger charge is -2.26. The quantitative estimate of drug-likeness (QED) is 0.795. The van der Waals surface area contributed by atoms with Crippen molar-refractivity contribution in [3.63, 3.8) is 0 Å². The number of carboxylic acid groups (broad SMARTS) is 1. The van der Waals surface area contributed by atoms with Crippen molar-refractivity contribution in [2.45, 2.75) is 33.2 Å². The number of carboxylic acids is 1. The predicted octanol–water partition coefficient (Wildman–Crippen LogP) is 2.60. The van der Waals surface area contributed by atoms with Crippen LogP contribution >= 0.6 is 11.3 Å². The second kappa shape index (κ2) is 6.53. The van der Waals surface area contributed by atoms with Crippen LogP contribution in [0.3, 0.4) is 0 Å². The van der Waals surface area contributed by atoms with Crippen LogP contribution in [0.4, 0.5) is 0 Å². The van der Waals surface area contributed by atoms with Crippen LogP contribution < -0.4 is 5.32 Å². The molecule has 0 bridgehead atoms. The molecular formula is C13H18N2O2S. The highest BCUT2D eigenvalue weighted by molar-refractivity contribution is 7.12. The lowest BCUT2D eigenvalue weighted by Crippen LogP contribution is -2.39. The van der Waals surface area contributed by atoms with E-state index in [4.69, 9.17) is 5.26 Å². The van der Waals surface area contributed by atoms with Gasteiger partial charge in [-0.25, -0.2) is 0 Å². The first-order valence-electron chi connectivity index (χ1n) is 6.01. The van der Waals surface area contributed by atoms with Crippen LogP contribution in [0.2, 0.25) is 0 Å². The molecule has 0 fully saturated rings. The molecule has 0 spiro atoms. The summed E-state index contributed by atoms with van der Waals surface area (Å²) < 4.78 is 0. The Hall–Kier alpha value is -1.38. The zero-order chi connectivity index (χ0) is 13.6. The summed E-state index contributed by atoms with van der Waals surface area (Å²) in [7, 11) is 0. The average molecular weight is 266 g/mol. The molecule has 0 amide bonds. The maximum Gasteiger partial charge on any atom is 0.310 e. The van der Waals surface area contributed by atoms with Gasteiger partial charge in [-0.15, -0.1) is 11.3 Å². The molecule has 1 heterocycles. The molecule has 1 aromatic rings. The number of carbonyl (C=O) groups is 1. The highest BCUT2D eigenvalue weighted by atomic mass is 32.1. The van der Waals surface area contributed by atoms with Gasteiger partial charge in [0.2, 0.25) is 0 Å². The largest absolute Gasteiger partial charge is 0.481 e. The third-order valence-electron chi connectivity index (χ3n) is 3.34. The molecule has 0 saturated heterocycles. The van der Waals surface area contributed by atoms with Crippen molar-refractivity contribution in [2.75, 3.05) is 6.54 Å². The number of hydrogen-bond acceptors (Lipinski definition) is 4. The molecule has 0 unspecified atom stereocenters. The van der Waals surface area contributed by atoms with Crippen LogP contribution in [-0.2, 0) is 11.3 Å². The number of nitrogens with one attached hydrogen (secondary N) is 1. The summed E-state index contributed by atoms with van der Waals surface area (Å²) in [5.74, 6) is -0.746. The van der Waals surface area contributed by atoms with Gasteiger partial charge in [-0.3, -0.25) is 4.79 Å². The number of rotatable bonds is 7. The minimum atomic E-state index is -0.746. The molecule has 4 nitrogen and oxygen atoms in total. The van der Waals surface area contributed by atoms with Crippen molar-refractivity contribution in [1.29, 1.82) is 5.26 Å². The van der Waals surface area contributed by atoms with E-state index in [2.05, 4.69) is 11.4 Å². The Morgan fingerprint density at radius 3 is 2.61 bits per heavy atom. The van der Waals surface area contributed by atoms with Gasteiger partial charge < -0.3 is 10.4 Å². The molecule has 98 valence electrons. The first kappa shape index (κ1) is 14.7. The van der Waals surface area contributed by atoms with Crippen molar-refractivity contribution >= 4 is 17.3 Å². The molecule has 2 N–H and O–H groups in total. The van der Waals surface area contributed by atoms with Crippen molar-refractivity contribution in [3.8, 4) is 6.07 Å². The summed E-state index contributed by atoms with van der Waals surface area (Å²) in [6, 6.07) is 5.77. The van der Waals surface area contributed by atoms with E-state index in [1.807, 2.05) is 19.9 Å². The Kier molecular flexibility index (Phi) is 5.32. The molecular weight excluding hydrogens is 248 g/mol. The normalized spacial score (nSPS) is 11.2. The van der Waals surface area contributed by atoms with Crippen LogP contribution in [0, 0.1) is 16.7 Å². The fourth-order valence-corrected chi connectivity index (χ4v) is 2.61. The first-order chi connectivity index (χ1) is 8.57. The van der Waals surface area contributed by atoms with Crippen LogP contribution in [0.1, 0.15) is 36.4 Å². The van der Waals surface area contributed by atoms with Crippen LogP contribution in [0.25, 0.3) is 0 Å². The van der Waals surface area contributed by atoms with E-state index in [0.717, 1.165) is 4.88 Å². The fraction of sp³-hybridized carbons (Fsp3) is 0.538. The van der Waals surface area contributed by atoms with Crippen LogP contribution in [0.5, 0.6) is 0 Å². The summed E-state index contributed by atoms with van der Waals surface area (Å²) in [5.41, 5.74) is -0.685. The summed E-state index contributed by atoms with van der Waals surface area (Å²) in [6.07, 6.45) is 1.22. The summed E-state index contributed by atoms with van der Waals surface area (Å²) in [4.78, 5) is 13.0. The van der Waals surface area contributed by atoms with Gasteiger partial charge in [0.15, 0.2) is 0 Å². The van der Waals surface area contributed by atoms with Gasteiger partial charge in [0.05, 0.1) is 5.41 Å². The van der Waals surface area contributed by atoms with E-state index in [-0.39, 0.29) is 0 Å². The van der Waals surface area contributed by atoms with E-state index in [0.29, 0.717) is 30.8 Å². The zero-order valence-electron chi connectivity index (χ0n) is 10.7. The summed E-state index contributed by atoms with van der Waals surface area (Å²) in [5, 5.41) is 21.2. The molecule has 0 aromatic carbocycles. The number of hydrogen-bond donors (Lipinski definition) is 2. The maximum absolute atomic E-state index is 11.3. The van der Waals surface area contributed by atoms with E-state index in [1.54, 1.807) is 6.07 Å². The van der Waals surface area contributed by atoms with Crippen LogP contribution in [-0.4, -0.2) is 17.6 Å². The average Bonchev–Trinajstić information content (AvgIpc) is 2.82. The third kappa shape index (κ3) is 3.31. The number of aliphatic carboxylic acids is 1. The molecule has 5 heteroatoms. The first-order valence-corrected chi connectivity index (χ1v) is 6.82. The van der Waals surface area contributed by atoms with E-state index < -0.39 is 11.4 Å². The summed E-state index contributed by atoms with van der Waals surface area (Å²) >= 11 is 1.44. The SMILES string of the molecule is CCC(CC)(CNCc1ccc(C#N)s1)C(=O)O. The Morgan fingerprint density at radius 1 is 1.50 bits per heavy atom. The van der Waals surface area contributed by atoms with Gasteiger partial charge in [-0.05, 0) is 25.0 Å². The monoisotopic (exact) mass is 266 g/mol. The molecule has 18 heavy (non-hydrogen) atoms. The molecule has 0 atom stereocenters. The predicted molar refractivity (Wildman–Crippen MR) is 71.4 cm³/mol. The minimum absolute atomic E-state index is 0.453. The molecule has 0 saturated carbocycles.